The average Bonchev–Trinajstić information content (AvgIpc) is 2.90. The first-order valence-corrected chi connectivity index (χ1v) is 11.7. The summed E-state index contributed by atoms with van der Waals surface area (Å²) in [6, 6.07) is 6.90. The number of carbonyl (C=O) groups excluding carboxylic acids is 1. The zero-order valence-corrected chi connectivity index (χ0v) is 22.1. The Balaban J connectivity index is 2.26. The molecule has 224 valence electrons. The van der Waals surface area contributed by atoms with Crippen molar-refractivity contribution in [3.8, 4) is 6.07 Å². The Morgan fingerprint density at radius 3 is 2.38 bits per heavy atom. The second-order valence-electron chi connectivity index (χ2n) is 9.18. The number of alkyl halides is 6. The quantitative estimate of drug-likeness (QED) is 0.103. The Labute approximate surface area is 234 Å². The Morgan fingerprint density at radius 1 is 1.14 bits per heavy atom. The van der Waals surface area contributed by atoms with Crippen LogP contribution in [0.2, 0.25) is 0 Å². The van der Waals surface area contributed by atoms with Crippen LogP contribution in [-0.4, -0.2) is 46.5 Å². The molecule has 0 fully saturated rings. The van der Waals surface area contributed by atoms with Gasteiger partial charge in [0.1, 0.15) is 18.4 Å². The van der Waals surface area contributed by atoms with Crippen LogP contribution in [0.4, 0.5) is 31.1 Å². The van der Waals surface area contributed by atoms with Gasteiger partial charge in [-0.25, -0.2) is 9.78 Å². The van der Waals surface area contributed by atoms with Crippen molar-refractivity contribution in [2.45, 2.75) is 39.4 Å². The first-order chi connectivity index (χ1) is 19.3. The summed E-state index contributed by atoms with van der Waals surface area (Å²) in [5, 5.41) is 30.3. The SMILES string of the molecule is CC(N/N=C(/C#N)C(=N)c1cc(/C=C/c2cccc(C(F)(F)F)n2)cc(C(F)(F)F)c1)OC(=O)OCC(C)(C)C(=O)O. The highest BCUT2D eigenvalue weighted by atomic mass is 19.4. The first kappa shape index (κ1) is 33.3. The van der Waals surface area contributed by atoms with Crippen LogP contribution in [-0.2, 0) is 26.6 Å². The van der Waals surface area contributed by atoms with Crippen molar-refractivity contribution in [1.29, 1.82) is 10.7 Å². The van der Waals surface area contributed by atoms with Crippen LogP contribution < -0.4 is 5.43 Å². The van der Waals surface area contributed by atoms with Gasteiger partial charge in [-0.3, -0.25) is 15.6 Å². The van der Waals surface area contributed by atoms with Crippen LogP contribution in [0.15, 0.2) is 41.5 Å². The second kappa shape index (κ2) is 13.1. The number of hydrazone groups is 1. The summed E-state index contributed by atoms with van der Waals surface area (Å²) < 4.78 is 89.0. The van der Waals surface area contributed by atoms with Gasteiger partial charge in [0.2, 0.25) is 0 Å². The van der Waals surface area contributed by atoms with Gasteiger partial charge in [0.05, 0.1) is 22.4 Å². The fourth-order valence-electron chi connectivity index (χ4n) is 2.87. The van der Waals surface area contributed by atoms with Gasteiger partial charge in [-0.05, 0) is 62.7 Å². The highest BCUT2D eigenvalue weighted by molar-refractivity contribution is 6.52. The molecule has 1 aromatic heterocycles. The van der Waals surface area contributed by atoms with E-state index in [4.69, 9.17) is 20.0 Å². The predicted molar refractivity (Wildman–Crippen MR) is 136 cm³/mol. The lowest BCUT2D eigenvalue weighted by molar-refractivity contribution is -0.149. The molecule has 0 saturated heterocycles. The number of pyridine rings is 1. The molecule has 0 saturated carbocycles. The van der Waals surface area contributed by atoms with Crippen LogP contribution in [0.25, 0.3) is 12.2 Å². The van der Waals surface area contributed by atoms with Gasteiger partial charge in [-0.2, -0.15) is 36.7 Å². The minimum atomic E-state index is -4.88. The number of aliphatic carboxylic acids is 1. The van der Waals surface area contributed by atoms with Gasteiger partial charge in [-0.15, -0.1) is 0 Å². The number of rotatable bonds is 10. The van der Waals surface area contributed by atoms with Gasteiger partial charge in [-0.1, -0.05) is 12.1 Å². The number of carboxylic acids is 1. The third kappa shape index (κ3) is 9.61. The lowest BCUT2D eigenvalue weighted by atomic mass is 9.95. The summed E-state index contributed by atoms with van der Waals surface area (Å²) in [5.41, 5.74) is -3.85. The fraction of sp³-hybridized carbons (Fsp3) is 0.308. The maximum atomic E-state index is 13.6. The van der Waals surface area contributed by atoms with E-state index in [1.807, 2.05) is 0 Å². The van der Waals surface area contributed by atoms with Gasteiger partial charge < -0.3 is 14.6 Å². The van der Waals surface area contributed by atoms with E-state index in [1.54, 1.807) is 0 Å². The molecule has 0 aliphatic heterocycles. The first-order valence-electron chi connectivity index (χ1n) is 11.7. The third-order valence-electron chi connectivity index (χ3n) is 5.18. The molecular weight excluding hydrogens is 576 g/mol. The molecule has 0 radical (unpaired) electrons. The number of hydrogen-bond acceptors (Lipinski definition) is 9. The lowest BCUT2D eigenvalue weighted by Crippen LogP contribution is -2.33. The zero-order chi connectivity index (χ0) is 31.9. The average molecular weight is 599 g/mol. The van der Waals surface area contributed by atoms with Crippen molar-refractivity contribution in [2.75, 3.05) is 6.61 Å². The van der Waals surface area contributed by atoms with E-state index in [-0.39, 0.29) is 11.3 Å². The molecule has 0 amide bonds. The van der Waals surface area contributed by atoms with E-state index < -0.39 is 71.0 Å². The number of nitrogens with one attached hydrogen (secondary N) is 2. The molecule has 2 rings (SSSR count). The Hall–Kier alpha value is -4.94. The summed E-state index contributed by atoms with van der Waals surface area (Å²) in [6.45, 7) is 3.31. The molecule has 1 unspecified atom stereocenters. The molecule has 0 bridgehead atoms. The van der Waals surface area contributed by atoms with E-state index >= 15 is 0 Å². The second-order valence-corrected chi connectivity index (χ2v) is 9.18. The number of hydrogen-bond donors (Lipinski definition) is 3. The summed E-state index contributed by atoms with van der Waals surface area (Å²) >= 11 is 0. The van der Waals surface area contributed by atoms with E-state index in [0.29, 0.717) is 12.1 Å². The minimum absolute atomic E-state index is 0.169. The van der Waals surface area contributed by atoms with Crippen molar-refractivity contribution in [3.05, 3.63) is 64.5 Å². The number of nitrogens with zero attached hydrogens (tertiary/aromatic N) is 3. The van der Waals surface area contributed by atoms with E-state index in [1.165, 1.54) is 32.9 Å². The standard InChI is InChI=1S/C26H23F6N5O5/c1-14(42-23(40)41-13-24(2,3)22(38)39)36-37-19(12-33)21(34)16-9-15(10-17(11-16)25(27,28)29)7-8-18-5-4-6-20(35-18)26(30,31)32/h4-11,14,34,36H,13H2,1-3H3,(H,38,39)/b8-7+,34-21?,37-19-. The molecule has 0 spiro atoms. The predicted octanol–water partition coefficient (Wildman–Crippen LogP) is 5.74. The normalized spacial score (nSPS) is 13.3. The summed E-state index contributed by atoms with van der Waals surface area (Å²) in [6.07, 6.45) is -10.1. The molecular formula is C26H23F6N5O5. The smallest absolute Gasteiger partial charge is 0.481 e. The molecule has 2 aromatic rings. The summed E-state index contributed by atoms with van der Waals surface area (Å²) in [7, 11) is 0. The van der Waals surface area contributed by atoms with Crippen LogP contribution in [0.1, 0.15) is 48.8 Å². The topological polar surface area (TPSA) is 158 Å². The molecule has 0 aliphatic rings. The van der Waals surface area contributed by atoms with Crippen molar-refractivity contribution in [3.63, 3.8) is 0 Å². The number of carbonyl (C=O) groups is 2. The molecule has 16 heteroatoms. The number of aromatic nitrogens is 1. The minimum Gasteiger partial charge on any atom is -0.481 e. The lowest BCUT2D eigenvalue weighted by Gasteiger charge is -2.19. The highest BCUT2D eigenvalue weighted by Crippen LogP contribution is 2.32. The van der Waals surface area contributed by atoms with Crippen LogP contribution in [0, 0.1) is 22.2 Å². The highest BCUT2D eigenvalue weighted by Gasteiger charge is 2.33. The fourth-order valence-corrected chi connectivity index (χ4v) is 2.87. The van der Waals surface area contributed by atoms with Gasteiger partial charge in [0.15, 0.2) is 11.9 Å². The van der Waals surface area contributed by atoms with Crippen molar-refractivity contribution >= 4 is 35.7 Å². The number of carboxylic acid groups (broad SMARTS) is 1. The maximum Gasteiger partial charge on any atom is 0.510 e. The maximum absolute atomic E-state index is 13.6. The number of benzene rings is 1. The van der Waals surface area contributed by atoms with Gasteiger partial charge in [0, 0.05) is 5.56 Å². The molecule has 1 atom stereocenters. The molecule has 1 aromatic carbocycles. The van der Waals surface area contributed by atoms with Crippen LogP contribution >= 0.6 is 0 Å². The molecule has 3 N–H and O–H groups in total. The van der Waals surface area contributed by atoms with E-state index in [2.05, 4.69) is 15.5 Å². The third-order valence-corrected chi connectivity index (χ3v) is 5.18. The van der Waals surface area contributed by atoms with Crippen molar-refractivity contribution < 1.29 is 50.5 Å². The number of ether oxygens (including phenoxy) is 2. The molecule has 0 aliphatic carbocycles. The monoisotopic (exact) mass is 599 g/mol. The zero-order valence-electron chi connectivity index (χ0n) is 22.1. The summed E-state index contributed by atoms with van der Waals surface area (Å²) in [4.78, 5) is 26.3. The van der Waals surface area contributed by atoms with Crippen molar-refractivity contribution in [1.82, 2.24) is 10.4 Å². The van der Waals surface area contributed by atoms with E-state index in [0.717, 1.165) is 30.4 Å². The molecule has 10 nitrogen and oxygen atoms in total. The number of halogens is 6. The van der Waals surface area contributed by atoms with Crippen molar-refractivity contribution in [2.24, 2.45) is 10.5 Å². The van der Waals surface area contributed by atoms with Gasteiger partial charge in [0.25, 0.3) is 0 Å². The van der Waals surface area contributed by atoms with Gasteiger partial charge >= 0.3 is 24.5 Å². The Kier molecular flexibility index (Phi) is 10.4. The van der Waals surface area contributed by atoms with Crippen LogP contribution in [0.3, 0.4) is 0 Å². The largest absolute Gasteiger partial charge is 0.510 e. The molecule has 42 heavy (non-hydrogen) atoms. The summed E-state index contributed by atoms with van der Waals surface area (Å²) in [5.74, 6) is -1.23. The van der Waals surface area contributed by atoms with Crippen LogP contribution in [0.5, 0.6) is 0 Å². The Morgan fingerprint density at radius 2 is 1.81 bits per heavy atom. The van der Waals surface area contributed by atoms with E-state index in [9.17, 15) is 41.2 Å². The Bertz CT molecular complexity index is 1440. The number of nitriles is 1. The molecule has 1 heterocycles.